The number of hydrogen-bond acceptors (Lipinski definition) is 2. The molecule has 0 aliphatic rings. The molecule has 0 radical (unpaired) electrons. The molecular weight excluding hydrogens is 226 g/mol. The normalized spacial score (nSPS) is 10.7. The molecule has 0 amide bonds. The van der Waals surface area contributed by atoms with E-state index in [1.54, 1.807) is 18.7 Å². The summed E-state index contributed by atoms with van der Waals surface area (Å²) in [5, 5.41) is 0.985. The second-order valence-electron chi connectivity index (χ2n) is 3.59. The quantitative estimate of drug-likeness (QED) is 0.751. The summed E-state index contributed by atoms with van der Waals surface area (Å²) in [5.41, 5.74) is 1.40. The number of benzene rings is 1. The molecular formula is C12H12ClNO2. The highest BCUT2D eigenvalue weighted by atomic mass is 35.5. The van der Waals surface area contributed by atoms with Crippen LogP contribution in [0.1, 0.15) is 5.56 Å². The molecule has 0 saturated carbocycles. The monoisotopic (exact) mass is 237 g/mol. The van der Waals surface area contributed by atoms with Gasteiger partial charge in [-0.1, -0.05) is 0 Å². The van der Waals surface area contributed by atoms with Crippen LogP contribution in [0.25, 0.3) is 10.9 Å². The number of aromatic nitrogens is 1. The maximum atomic E-state index is 11.9. The third kappa shape index (κ3) is 1.67. The predicted octanol–water partition coefficient (Wildman–Crippen LogP) is 2.29. The molecule has 0 aliphatic heterocycles. The Bertz CT molecular complexity index is 589. The van der Waals surface area contributed by atoms with Gasteiger partial charge in [0.15, 0.2) is 0 Å². The number of ether oxygens (including phenoxy) is 1. The Morgan fingerprint density at radius 1 is 1.38 bits per heavy atom. The van der Waals surface area contributed by atoms with Crippen LogP contribution in [-0.4, -0.2) is 11.7 Å². The summed E-state index contributed by atoms with van der Waals surface area (Å²) in [6.45, 7) is 0. The molecule has 0 spiro atoms. The minimum atomic E-state index is -0.0595. The first-order valence-electron chi connectivity index (χ1n) is 4.90. The first-order valence-corrected chi connectivity index (χ1v) is 5.43. The van der Waals surface area contributed by atoms with Crippen molar-refractivity contribution in [2.45, 2.75) is 5.88 Å². The number of halogens is 1. The van der Waals surface area contributed by atoms with E-state index in [4.69, 9.17) is 16.3 Å². The second kappa shape index (κ2) is 4.18. The molecule has 1 aromatic heterocycles. The van der Waals surface area contributed by atoms with Crippen molar-refractivity contribution in [2.24, 2.45) is 7.05 Å². The van der Waals surface area contributed by atoms with Crippen molar-refractivity contribution in [3.05, 3.63) is 40.2 Å². The summed E-state index contributed by atoms with van der Waals surface area (Å²) in [4.78, 5) is 11.9. The second-order valence-corrected chi connectivity index (χ2v) is 3.86. The zero-order valence-corrected chi connectivity index (χ0v) is 9.91. The van der Waals surface area contributed by atoms with E-state index in [0.29, 0.717) is 5.56 Å². The minimum Gasteiger partial charge on any atom is -0.497 e. The number of hydrogen-bond donors (Lipinski definition) is 0. The van der Waals surface area contributed by atoms with Crippen molar-refractivity contribution in [1.82, 2.24) is 4.57 Å². The Morgan fingerprint density at radius 2 is 2.12 bits per heavy atom. The summed E-state index contributed by atoms with van der Waals surface area (Å²) in [6.07, 6.45) is 0. The summed E-state index contributed by atoms with van der Waals surface area (Å²) in [7, 11) is 3.34. The third-order valence-corrected chi connectivity index (χ3v) is 2.94. The molecule has 0 N–H and O–H groups in total. The molecule has 16 heavy (non-hydrogen) atoms. The largest absolute Gasteiger partial charge is 0.497 e. The van der Waals surface area contributed by atoms with Crippen LogP contribution in [0.5, 0.6) is 5.75 Å². The van der Waals surface area contributed by atoms with Crippen LogP contribution < -0.4 is 10.3 Å². The Hall–Kier alpha value is -1.48. The highest BCUT2D eigenvalue weighted by Gasteiger charge is 2.06. The molecule has 1 aromatic carbocycles. The molecule has 0 bridgehead atoms. The van der Waals surface area contributed by atoms with Gasteiger partial charge in [0.2, 0.25) is 0 Å². The van der Waals surface area contributed by atoms with Gasteiger partial charge in [0.1, 0.15) is 5.75 Å². The topological polar surface area (TPSA) is 31.2 Å². The average Bonchev–Trinajstić information content (AvgIpc) is 2.33. The molecule has 2 rings (SSSR count). The molecule has 2 aromatic rings. The first kappa shape index (κ1) is 11.0. The van der Waals surface area contributed by atoms with E-state index in [9.17, 15) is 4.79 Å². The predicted molar refractivity (Wildman–Crippen MR) is 65.3 cm³/mol. The van der Waals surface area contributed by atoms with Crippen LogP contribution in [0, 0.1) is 0 Å². The molecule has 84 valence electrons. The van der Waals surface area contributed by atoms with Gasteiger partial charge in [-0.3, -0.25) is 4.79 Å². The fraction of sp³-hybridized carbons (Fsp3) is 0.250. The molecule has 3 nitrogen and oxygen atoms in total. The zero-order chi connectivity index (χ0) is 11.7. The third-order valence-electron chi connectivity index (χ3n) is 2.65. The highest BCUT2D eigenvalue weighted by molar-refractivity contribution is 6.17. The van der Waals surface area contributed by atoms with Crippen LogP contribution in [-0.2, 0) is 12.9 Å². The van der Waals surface area contributed by atoms with E-state index in [1.807, 2.05) is 24.3 Å². The fourth-order valence-corrected chi connectivity index (χ4v) is 1.92. The number of rotatable bonds is 2. The number of alkyl halides is 1. The van der Waals surface area contributed by atoms with E-state index < -0.39 is 0 Å². The lowest BCUT2D eigenvalue weighted by Crippen LogP contribution is -2.20. The molecule has 4 heteroatoms. The average molecular weight is 238 g/mol. The lowest BCUT2D eigenvalue weighted by atomic mass is 10.1. The molecule has 0 fully saturated rings. The van der Waals surface area contributed by atoms with Crippen LogP contribution in [0.15, 0.2) is 29.1 Å². The van der Waals surface area contributed by atoms with Crippen LogP contribution in [0.2, 0.25) is 0 Å². The van der Waals surface area contributed by atoms with Gasteiger partial charge >= 0.3 is 0 Å². The molecule has 0 aliphatic carbocycles. The summed E-state index contributed by atoms with van der Waals surface area (Å²) < 4.78 is 6.73. The van der Waals surface area contributed by atoms with E-state index in [-0.39, 0.29) is 11.4 Å². The van der Waals surface area contributed by atoms with Crippen molar-refractivity contribution in [1.29, 1.82) is 0 Å². The van der Waals surface area contributed by atoms with E-state index in [0.717, 1.165) is 16.7 Å². The maximum Gasteiger partial charge on any atom is 0.255 e. The van der Waals surface area contributed by atoms with Crippen molar-refractivity contribution in [2.75, 3.05) is 7.11 Å². The van der Waals surface area contributed by atoms with Crippen LogP contribution in [0.3, 0.4) is 0 Å². The molecule has 0 unspecified atom stereocenters. The Labute approximate surface area is 98.2 Å². The lowest BCUT2D eigenvalue weighted by Gasteiger charge is -2.08. The number of nitrogens with zero attached hydrogens (tertiary/aromatic N) is 1. The molecule has 1 heterocycles. The minimum absolute atomic E-state index is 0.0595. The SMILES string of the molecule is COc1ccc2cc(CCl)c(=O)n(C)c2c1. The number of methoxy groups -OCH3 is 1. The van der Waals surface area contributed by atoms with Gasteiger partial charge in [-0.25, -0.2) is 0 Å². The standard InChI is InChI=1S/C12H12ClNO2/c1-14-11-6-10(16-2)4-3-8(11)5-9(7-13)12(14)15/h3-6H,7H2,1-2H3. The van der Waals surface area contributed by atoms with Gasteiger partial charge in [-0.2, -0.15) is 0 Å². The maximum absolute atomic E-state index is 11.9. The Morgan fingerprint density at radius 3 is 2.75 bits per heavy atom. The van der Waals surface area contributed by atoms with Gasteiger partial charge in [0, 0.05) is 18.7 Å². The van der Waals surface area contributed by atoms with Gasteiger partial charge in [-0.05, 0) is 23.6 Å². The van der Waals surface area contributed by atoms with Crippen molar-refractivity contribution in [3.8, 4) is 5.75 Å². The van der Waals surface area contributed by atoms with Gasteiger partial charge in [0.05, 0.1) is 18.5 Å². The number of aryl methyl sites for hydroxylation is 1. The van der Waals surface area contributed by atoms with Crippen LogP contribution in [0.4, 0.5) is 0 Å². The first-order chi connectivity index (χ1) is 7.67. The summed E-state index contributed by atoms with van der Waals surface area (Å²) >= 11 is 5.73. The van der Waals surface area contributed by atoms with E-state index in [1.165, 1.54) is 0 Å². The van der Waals surface area contributed by atoms with E-state index in [2.05, 4.69) is 0 Å². The van der Waals surface area contributed by atoms with Crippen molar-refractivity contribution < 1.29 is 4.74 Å². The highest BCUT2D eigenvalue weighted by Crippen LogP contribution is 2.20. The Kier molecular flexibility index (Phi) is 2.88. The fourth-order valence-electron chi connectivity index (χ4n) is 1.73. The van der Waals surface area contributed by atoms with Crippen molar-refractivity contribution in [3.63, 3.8) is 0 Å². The van der Waals surface area contributed by atoms with Gasteiger partial charge < -0.3 is 9.30 Å². The summed E-state index contributed by atoms with van der Waals surface area (Å²) in [6, 6.07) is 7.45. The van der Waals surface area contributed by atoms with Gasteiger partial charge in [-0.15, -0.1) is 11.6 Å². The Balaban J connectivity index is 2.82. The van der Waals surface area contributed by atoms with E-state index >= 15 is 0 Å². The van der Waals surface area contributed by atoms with Crippen molar-refractivity contribution >= 4 is 22.5 Å². The number of pyridine rings is 1. The number of fused-ring (bicyclic) bond motifs is 1. The summed E-state index contributed by atoms with van der Waals surface area (Å²) in [5.74, 6) is 0.968. The van der Waals surface area contributed by atoms with Crippen LogP contribution >= 0.6 is 11.6 Å². The zero-order valence-electron chi connectivity index (χ0n) is 9.16. The molecule has 0 saturated heterocycles. The smallest absolute Gasteiger partial charge is 0.255 e. The van der Waals surface area contributed by atoms with Gasteiger partial charge in [0.25, 0.3) is 5.56 Å². The molecule has 0 atom stereocenters. The lowest BCUT2D eigenvalue weighted by molar-refractivity contribution is 0.415.